The molecule has 2 rings (SSSR count). The zero-order chi connectivity index (χ0) is 18.1. The summed E-state index contributed by atoms with van der Waals surface area (Å²) in [5, 5.41) is 7.33. The smallest absolute Gasteiger partial charge is 0.248 e. The van der Waals surface area contributed by atoms with Gasteiger partial charge in [-0.25, -0.2) is 8.42 Å². The Bertz CT molecular complexity index is 930. The Hall–Kier alpha value is -2.12. The maximum atomic E-state index is 12.1. The number of rotatable bonds is 4. The summed E-state index contributed by atoms with van der Waals surface area (Å²) >= 11 is 6.10. The van der Waals surface area contributed by atoms with Gasteiger partial charge in [0.25, 0.3) is 0 Å². The Balaban J connectivity index is 2.17. The van der Waals surface area contributed by atoms with E-state index in [4.69, 9.17) is 11.6 Å². The third-order valence-electron chi connectivity index (χ3n) is 3.48. The molecule has 24 heavy (non-hydrogen) atoms. The average Bonchev–Trinajstić information content (AvgIpc) is 2.71. The van der Waals surface area contributed by atoms with E-state index in [-0.39, 0.29) is 10.8 Å². The highest BCUT2D eigenvalue weighted by Gasteiger charge is 2.11. The number of aryl methyl sites for hydroxylation is 3. The van der Waals surface area contributed by atoms with Crippen molar-refractivity contribution in [1.82, 2.24) is 9.78 Å². The molecule has 0 aliphatic rings. The highest BCUT2D eigenvalue weighted by molar-refractivity contribution is 7.90. The first kappa shape index (κ1) is 18.2. The van der Waals surface area contributed by atoms with Crippen molar-refractivity contribution in [3.63, 3.8) is 0 Å². The number of hydrogen-bond donors (Lipinski definition) is 1. The van der Waals surface area contributed by atoms with Crippen LogP contribution in [0.1, 0.15) is 16.8 Å². The summed E-state index contributed by atoms with van der Waals surface area (Å²) in [5.74, 6) is -0.343. The monoisotopic (exact) mass is 367 g/mol. The normalized spacial score (nSPS) is 11.9. The molecule has 2 aromatic rings. The minimum atomic E-state index is -3.27. The molecule has 0 saturated carbocycles. The zero-order valence-corrected chi connectivity index (χ0v) is 15.4. The van der Waals surface area contributed by atoms with Crippen molar-refractivity contribution in [2.24, 2.45) is 7.05 Å². The van der Waals surface area contributed by atoms with E-state index in [1.807, 2.05) is 0 Å². The second-order valence-electron chi connectivity index (χ2n) is 5.48. The first-order valence-corrected chi connectivity index (χ1v) is 9.35. The lowest BCUT2D eigenvalue weighted by molar-refractivity contribution is -0.111. The molecule has 0 unspecified atom stereocenters. The molecule has 1 aromatic heterocycles. The van der Waals surface area contributed by atoms with Crippen LogP contribution in [-0.2, 0) is 21.7 Å². The molecular weight excluding hydrogens is 350 g/mol. The van der Waals surface area contributed by atoms with Gasteiger partial charge in [-0.1, -0.05) is 11.6 Å². The fourth-order valence-electron chi connectivity index (χ4n) is 2.18. The van der Waals surface area contributed by atoms with Crippen molar-refractivity contribution in [3.05, 3.63) is 46.2 Å². The molecule has 0 spiro atoms. The molecular formula is C16H18ClN3O3S. The molecule has 1 aromatic carbocycles. The van der Waals surface area contributed by atoms with Crippen LogP contribution in [0.25, 0.3) is 6.08 Å². The molecule has 0 atom stereocenters. The van der Waals surface area contributed by atoms with Gasteiger partial charge < -0.3 is 5.32 Å². The van der Waals surface area contributed by atoms with Crippen molar-refractivity contribution >= 4 is 39.1 Å². The van der Waals surface area contributed by atoms with Gasteiger partial charge in [0.2, 0.25) is 5.91 Å². The van der Waals surface area contributed by atoms with E-state index < -0.39 is 9.84 Å². The van der Waals surface area contributed by atoms with E-state index in [0.29, 0.717) is 22.0 Å². The molecule has 0 fully saturated rings. The maximum Gasteiger partial charge on any atom is 0.248 e. The third kappa shape index (κ3) is 4.04. The van der Waals surface area contributed by atoms with Crippen molar-refractivity contribution in [2.75, 3.05) is 11.6 Å². The second kappa shape index (κ2) is 6.78. The van der Waals surface area contributed by atoms with E-state index in [2.05, 4.69) is 10.4 Å². The summed E-state index contributed by atoms with van der Waals surface area (Å²) in [6, 6.07) is 4.56. The predicted octanol–water partition coefficient (Wildman–Crippen LogP) is 2.75. The van der Waals surface area contributed by atoms with Crippen LogP contribution in [0.5, 0.6) is 0 Å². The number of carbonyl (C=O) groups excluding carboxylic acids is 1. The molecule has 0 aliphatic carbocycles. The lowest BCUT2D eigenvalue weighted by Crippen LogP contribution is -2.09. The molecule has 1 amide bonds. The van der Waals surface area contributed by atoms with Gasteiger partial charge in [0.15, 0.2) is 9.84 Å². The lowest BCUT2D eigenvalue weighted by atomic mass is 10.2. The van der Waals surface area contributed by atoms with E-state index in [9.17, 15) is 13.2 Å². The molecule has 8 heteroatoms. The number of hydrogen-bond acceptors (Lipinski definition) is 4. The van der Waals surface area contributed by atoms with Crippen LogP contribution in [0, 0.1) is 13.8 Å². The van der Waals surface area contributed by atoms with Gasteiger partial charge in [0.1, 0.15) is 5.15 Å². The van der Waals surface area contributed by atoms with Gasteiger partial charge in [-0.2, -0.15) is 5.10 Å². The Morgan fingerprint density at radius 3 is 2.50 bits per heavy atom. The van der Waals surface area contributed by atoms with Gasteiger partial charge in [-0.15, -0.1) is 0 Å². The van der Waals surface area contributed by atoms with Crippen molar-refractivity contribution in [1.29, 1.82) is 0 Å². The molecule has 0 aliphatic heterocycles. The molecule has 0 radical (unpaired) electrons. The Morgan fingerprint density at radius 1 is 1.33 bits per heavy atom. The van der Waals surface area contributed by atoms with Crippen LogP contribution >= 0.6 is 11.6 Å². The van der Waals surface area contributed by atoms with Gasteiger partial charge in [0.05, 0.1) is 10.6 Å². The lowest BCUT2D eigenvalue weighted by Gasteiger charge is -2.08. The van der Waals surface area contributed by atoms with Crippen LogP contribution < -0.4 is 5.32 Å². The van der Waals surface area contributed by atoms with Gasteiger partial charge in [-0.3, -0.25) is 9.48 Å². The van der Waals surface area contributed by atoms with Gasteiger partial charge in [-0.05, 0) is 43.7 Å². The third-order valence-corrected chi connectivity index (χ3v) is 5.04. The number of anilines is 1. The summed E-state index contributed by atoms with van der Waals surface area (Å²) in [6.07, 6.45) is 4.10. The topological polar surface area (TPSA) is 81.1 Å². The highest BCUT2D eigenvalue weighted by Crippen LogP contribution is 2.21. The van der Waals surface area contributed by atoms with Crippen LogP contribution in [0.3, 0.4) is 0 Å². The SMILES string of the molecule is Cc1cc(S(C)(=O)=O)ccc1NC(=O)/C=C/c1c(C)nn(C)c1Cl. The Labute approximate surface area is 146 Å². The number of benzene rings is 1. The maximum absolute atomic E-state index is 12.1. The first-order valence-electron chi connectivity index (χ1n) is 7.08. The summed E-state index contributed by atoms with van der Waals surface area (Å²) in [5.41, 5.74) is 2.61. The predicted molar refractivity (Wildman–Crippen MR) is 94.9 cm³/mol. The first-order chi connectivity index (χ1) is 11.1. The number of nitrogens with zero attached hydrogens (tertiary/aromatic N) is 2. The zero-order valence-electron chi connectivity index (χ0n) is 13.8. The van der Waals surface area contributed by atoms with Crippen LogP contribution in [0.4, 0.5) is 5.69 Å². The number of sulfone groups is 1. The molecule has 128 valence electrons. The van der Waals surface area contributed by atoms with Crippen molar-refractivity contribution in [2.45, 2.75) is 18.7 Å². The number of aromatic nitrogens is 2. The number of nitrogens with one attached hydrogen (secondary N) is 1. The van der Waals surface area contributed by atoms with Crippen molar-refractivity contribution in [3.8, 4) is 0 Å². The van der Waals surface area contributed by atoms with E-state index >= 15 is 0 Å². The van der Waals surface area contributed by atoms with Crippen LogP contribution in [0.15, 0.2) is 29.2 Å². The summed E-state index contributed by atoms with van der Waals surface area (Å²) < 4.78 is 24.6. The molecule has 0 saturated heterocycles. The summed E-state index contributed by atoms with van der Waals surface area (Å²) in [7, 11) is -1.55. The van der Waals surface area contributed by atoms with Crippen LogP contribution in [-0.4, -0.2) is 30.4 Å². The minimum absolute atomic E-state index is 0.214. The number of halogens is 1. The fourth-order valence-corrected chi connectivity index (χ4v) is 3.12. The fraction of sp³-hybridized carbons (Fsp3) is 0.250. The molecule has 0 bridgehead atoms. The number of carbonyl (C=O) groups is 1. The second-order valence-corrected chi connectivity index (χ2v) is 7.86. The van der Waals surface area contributed by atoms with E-state index in [1.54, 1.807) is 33.0 Å². The molecule has 1 heterocycles. The Kier molecular flexibility index (Phi) is 5.15. The Morgan fingerprint density at radius 2 is 2.00 bits per heavy atom. The summed E-state index contributed by atoms with van der Waals surface area (Å²) in [4.78, 5) is 12.3. The highest BCUT2D eigenvalue weighted by atomic mass is 35.5. The average molecular weight is 368 g/mol. The summed E-state index contributed by atoms with van der Waals surface area (Å²) in [6.45, 7) is 3.54. The van der Waals surface area contributed by atoms with Crippen molar-refractivity contribution < 1.29 is 13.2 Å². The van der Waals surface area contributed by atoms with E-state index in [0.717, 1.165) is 11.9 Å². The minimum Gasteiger partial charge on any atom is -0.322 e. The molecule has 1 N–H and O–H groups in total. The van der Waals surface area contributed by atoms with Crippen LogP contribution in [0.2, 0.25) is 5.15 Å². The van der Waals surface area contributed by atoms with E-state index in [1.165, 1.54) is 22.9 Å². The molecule has 6 nitrogen and oxygen atoms in total. The van der Waals surface area contributed by atoms with Gasteiger partial charge in [0, 0.05) is 30.6 Å². The quantitative estimate of drug-likeness (QED) is 0.842. The van der Waals surface area contributed by atoms with Gasteiger partial charge >= 0.3 is 0 Å². The number of amides is 1. The largest absolute Gasteiger partial charge is 0.322 e. The standard InChI is InChI=1S/C16H18ClN3O3S/c1-10-9-12(24(4,22)23)5-7-14(10)18-15(21)8-6-13-11(2)19-20(3)16(13)17/h5-9H,1-4H3,(H,18,21)/b8-6+.